The number of nitrogens with two attached hydrogens (primary N) is 1. The number of nitrogens with zero attached hydrogens (tertiary/aromatic N) is 3. The SMILES string of the molecule is CCN(CCCOc1ccc(N)cc1)C(=O)OC(C)(C)C.CCN(CCCOc1ccc([N+](=O)[O-])cc1)C(=O)OC(C)(C)C. The molecule has 0 radical (unpaired) electrons. The molecule has 2 aromatic rings. The molecule has 0 aromatic heterocycles. The van der Waals surface area contributed by atoms with Crippen LogP contribution >= 0.6 is 0 Å². The molecular formula is C32H50N4O8. The fourth-order valence-electron chi connectivity index (χ4n) is 3.53. The van der Waals surface area contributed by atoms with Crippen LogP contribution in [0.1, 0.15) is 68.2 Å². The zero-order valence-corrected chi connectivity index (χ0v) is 27.5. The highest BCUT2D eigenvalue weighted by Crippen LogP contribution is 2.18. The van der Waals surface area contributed by atoms with Crippen molar-refractivity contribution < 1.29 is 33.5 Å². The lowest BCUT2D eigenvalue weighted by Gasteiger charge is -2.26. The number of amides is 2. The van der Waals surface area contributed by atoms with Crippen LogP contribution in [-0.4, -0.2) is 77.5 Å². The maximum Gasteiger partial charge on any atom is 0.410 e. The van der Waals surface area contributed by atoms with Crippen LogP contribution in [0.2, 0.25) is 0 Å². The minimum absolute atomic E-state index is 0.0273. The van der Waals surface area contributed by atoms with Gasteiger partial charge >= 0.3 is 12.2 Å². The van der Waals surface area contributed by atoms with Crippen LogP contribution < -0.4 is 15.2 Å². The second-order valence-electron chi connectivity index (χ2n) is 11.8. The van der Waals surface area contributed by atoms with Crippen LogP contribution in [0.4, 0.5) is 21.0 Å². The molecule has 0 saturated carbocycles. The molecule has 2 aromatic carbocycles. The third kappa shape index (κ3) is 16.4. The Kier molecular flexibility index (Phi) is 15.8. The van der Waals surface area contributed by atoms with Crippen molar-refractivity contribution in [1.82, 2.24) is 9.80 Å². The molecule has 2 N–H and O–H groups in total. The van der Waals surface area contributed by atoms with Gasteiger partial charge in [-0.05, 0) is 105 Å². The van der Waals surface area contributed by atoms with Crippen molar-refractivity contribution in [2.24, 2.45) is 0 Å². The zero-order chi connectivity index (χ0) is 33.3. The summed E-state index contributed by atoms with van der Waals surface area (Å²) in [5.74, 6) is 1.35. The van der Waals surface area contributed by atoms with Crippen LogP contribution in [0.15, 0.2) is 48.5 Å². The topological polar surface area (TPSA) is 147 Å². The van der Waals surface area contributed by atoms with Crippen molar-refractivity contribution in [3.05, 3.63) is 58.6 Å². The number of rotatable bonds is 13. The van der Waals surface area contributed by atoms with Gasteiger partial charge in [-0.25, -0.2) is 9.59 Å². The first kappa shape index (κ1) is 37.8. The number of benzene rings is 2. The summed E-state index contributed by atoms with van der Waals surface area (Å²) in [4.78, 5) is 37.3. The van der Waals surface area contributed by atoms with Crippen LogP contribution in [0, 0.1) is 10.1 Å². The quantitative estimate of drug-likeness (QED) is 0.109. The van der Waals surface area contributed by atoms with Gasteiger partial charge < -0.3 is 34.5 Å². The van der Waals surface area contributed by atoms with Gasteiger partial charge in [0.1, 0.15) is 22.7 Å². The van der Waals surface area contributed by atoms with E-state index in [0.29, 0.717) is 57.3 Å². The van der Waals surface area contributed by atoms with Crippen LogP contribution in [-0.2, 0) is 9.47 Å². The fourth-order valence-corrected chi connectivity index (χ4v) is 3.53. The highest BCUT2D eigenvalue weighted by Gasteiger charge is 2.21. The van der Waals surface area contributed by atoms with Gasteiger partial charge in [-0.2, -0.15) is 0 Å². The van der Waals surface area contributed by atoms with Gasteiger partial charge in [0, 0.05) is 44.0 Å². The summed E-state index contributed by atoms with van der Waals surface area (Å²) in [6.07, 6.45) is 0.773. The van der Waals surface area contributed by atoms with Crippen molar-refractivity contribution in [1.29, 1.82) is 0 Å². The lowest BCUT2D eigenvalue weighted by molar-refractivity contribution is -0.384. The Bertz CT molecular complexity index is 1140. The third-order valence-electron chi connectivity index (χ3n) is 5.68. The molecule has 2 amide bonds. The van der Waals surface area contributed by atoms with Gasteiger partial charge in [0.25, 0.3) is 5.69 Å². The number of nitrogen functional groups attached to an aromatic ring is 1. The number of carbonyl (C=O) groups is 2. The van der Waals surface area contributed by atoms with Crippen LogP contribution in [0.25, 0.3) is 0 Å². The summed E-state index contributed by atoms with van der Waals surface area (Å²) in [7, 11) is 0. The van der Waals surface area contributed by atoms with Gasteiger partial charge in [0.05, 0.1) is 18.1 Å². The van der Waals surface area contributed by atoms with Gasteiger partial charge in [-0.15, -0.1) is 0 Å². The average molecular weight is 619 g/mol. The van der Waals surface area contributed by atoms with E-state index in [1.807, 2.05) is 67.5 Å². The molecule has 246 valence electrons. The summed E-state index contributed by atoms with van der Waals surface area (Å²) < 4.78 is 21.8. The molecule has 0 unspecified atom stereocenters. The number of non-ortho nitro benzene ring substituents is 1. The Balaban J connectivity index is 0.000000442. The number of anilines is 1. The predicted molar refractivity (Wildman–Crippen MR) is 171 cm³/mol. The average Bonchev–Trinajstić information content (AvgIpc) is 2.92. The zero-order valence-electron chi connectivity index (χ0n) is 27.5. The van der Waals surface area contributed by atoms with Crippen LogP contribution in [0.5, 0.6) is 11.5 Å². The maximum atomic E-state index is 12.0. The van der Waals surface area contributed by atoms with Gasteiger partial charge in [-0.1, -0.05) is 0 Å². The van der Waals surface area contributed by atoms with E-state index in [0.717, 1.165) is 12.2 Å². The first-order valence-corrected chi connectivity index (χ1v) is 14.9. The van der Waals surface area contributed by atoms with E-state index in [1.165, 1.54) is 12.1 Å². The van der Waals surface area contributed by atoms with Crippen molar-refractivity contribution >= 4 is 23.6 Å². The molecule has 0 fully saturated rings. The second kappa shape index (κ2) is 18.4. The molecule has 12 heteroatoms. The molecule has 0 aliphatic carbocycles. The normalized spacial score (nSPS) is 11.0. The number of hydrogen-bond donors (Lipinski definition) is 1. The molecule has 44 heavy (non-hydrogen) atoms. The number of carbonyl (C=O) groups excluding carboxylic acids is 2. The van der Waals surface area contributed by atoms with Crippen molar-refractivity contribution in [3.63, 3.8) is 0 Å². The second-order valence-corrected chi connectivity index (χ2v) is 11.8. The Hall–Kier alpha value is -4.22. The van der Waals surface area contributed by atoms with E-state index in [9.17, 15) is 19.7 Å². The monoisotopic (exact) mass is 618 g/mol. The third-order valence-corrected chi connectivity index (χ3v) is 5.68. The highest BCUT2D eigenvalue weighted by molar-refractivity contribution is 5.68. The smallest absolute Gasteiger partial charge is 0.410 e. The lowest BCUT2D eigenvalue weighted by Crippen LogP contribution is -2.37. The van der Waals surface area contributed by atoms with E-state index in [2.05, 4.69) is 0 Å². The van der Waals surface area contributed by atoms with Crippen molar-refractivity contribution in [3.8, 4) is 11.5 Å². The molecule has 0 heterocycles. The van der Waals surface area contributed by atoms with E-state index in [1.54, 1.807) is 34.1 Å². The van der Waals surface area contributed by atoms with Crippen molar-refractivity contribution in [2.75, 3.05) is 45.1 Å². The number of nitro groups is 1. The Morgan fingerprint density at radius 1 is 0.727 bits per heavy atom. The molecule has 2 rings (SSSR count). The standard InChI is InChI=1S/C16H24N2O5.C16H26N2O3/c1-5-17(15(19)23-16(2,3)4)11-6-12-22-14-9-7-13(8-10-14)18(20)21;1-5-18(15(19)21-16(2,3)4)11-6-12-20-14-9-7-13(17)8-10-14/h7-10H,5-6,11-12H2,1-4H3;7-10H,5-6,11-12,17H2,1-4H3. The molecule has 0 aliphatic heterocycles. The van der Waals surface area contributed by atoms with E-state index < -0.39 is 16.1 Å². The van der Waals surface area contributed by atoms with E-state index in [-0.39, 0.29) is 17.9 Å². The predicted octanol–water partition coefficient (Wildman–Crippen LogP) is 6.92. The van der Waals surface area contributed by atoms with Gasteiger partial charge in [0.15, 0.2) is 0 Å². The molecular weight excluding hydrogens is 568 g/mol. The van der Waals surface area contributed by atoms with Gasteiger partial charge in [0.2, 0.25) is 0 Å². The number of ether oxygens (including phenoxy) is 4. The fraction of sp³-hybridized carbons (Fsp3) is 0.562. The largest absolute Gasteiger partial charge is 0.494 e. The number of nitro benzene ring substituents is 1. The lowest BCUT2D eigenvalue weighted by atomic mass is 10.2. The first-order valence-electron chi connectivity index (χ1n) is 14.9. The minimum Gasteiger partial charge on any atom is -0.494 e. The molecule has 0 saturated heterocycles. The summed E-state index contributed by atoms with van der Waals surface area (Å²) in [6, 6.07) is 13.2. The van der Waals surface area contributed by atoms with Crippen molar-refractivity contribution in [2.45, 2.75) is 79.4 Å². The van der Waals surface area contributed by atoms with Gasteiger partial charge in [-0.3, -0.25) is 10.1 Å². The Labute approximate surface area is 261 Å². The molecule has 12 nitrogen and oxygen atoms in total. The molecule has 0 atom stereocenters. The molecule has 0 bridgehead atoms. The highest BCUT2D eigenvalue weighted by atomic mass is 16.6. The number of hydrogen-bond acceptors (Lipinski definition) is 9. The molecule has 0 aliphatic rings. The molecule has 0 spiro atoms. The summed E-state index contributed by atoms with van der Waals surface area (Å²) in [5, 5.41) is 10.6. The Morgan fingerprint density at radius 3 is 1.41 bits per heavy atom. The summed E-state index contributed by atoms with van der Waals surface area (Å²) >= 11 is 0. The minimum atomic E-state index is -0.514. The van der Waals surface area contributed by atoms with E-state index >= 15 is 0 Å². The summed E-state index contributed by atoms with van der Waals surface area (Å²) in [6.45, 7) is 18.2. The summed E-state index contributed by atoms with van der Waals surface area (Å²) in [5.41, 5.74) is 5.37. The van der Waals surface area contributed by atoms with Crippen LogP contribution in [0.3, 0.4) is 0 Å². The first-order chi connectivity index (χ1) is 20.5. The van der Waals surface area contributed by atoms with E-state index in [4.69, 9.17) is 24.7 Å². The maximum absolute atomic E-state index is 12.0. The Morgan fingerprint density at radius 2 is 1.09 bits per heavy atom.